The maximum absolute atomic E-state index is 6.38. The zero-order valence-corrected chi connectivity index (χ0v) is 11.5. The summed E-state index contributed by atoms with van der Waals surface area (Å²) in [5, 5.41) is 0. The molecule has 1 atom stereocenters. The van der Waals surface area contributed by atoms with Crippen LogP contribution in [0, 0.1) is 5.41 Å². The topological polar surface area (TPSA) is 35.2 Å². The second kappa shape index (κ2) is 5.50. The highest BCUT2D eigenvalue weighted by molar-refractivity contribution is 4.95. The highest BCUT2D eigenvalue weighted by atomic mass is 16.5. The molecule has 1 unspecified atom stereocenters. The standard InChI is InChI=1S/C14H29NO/c1-5-16-14(9-6-7-10-14)12(15)8-11-13(2,3)4/h12H,5-11,15H2,1-4H3. The van der Waals surface area contributed by atoms with Crippen molar-refractivity contribution in [1.29, 1.82) is 0 Å². The molecule has 0 aromatic heterocycles. The average Bonchev–Trinajstić information content (AvgIpc) is 2.63. The van der Waals surface area contributed by atoms with Crippen LogP contribution in [-0.2, 0) is 4.74 Å². The summed E-state index contributed by atoms with van der Waals surface area (Å²) < 4.78 is 5.99. The van der Waals surface area contributed by atoms with Crippen LogP contribution in [0.2, 0.25) is 0 Å². The Labute approximate surface area is 101 Å². The van der Waals surface area contributed by atoms with Crippen molar-refractivity contribution in [3.63, 3.8) is 0 Å². The van der Waals surface area contributed by atoms with E-state index < -0.39 is 0 Å². The van der Waals surface area contributed by atoms with Crippen molar-refractivity contribution < 1.29 is 4.74 Å². The van der Waals surface area contributed by atoms with Crippen molar-refractivity contribution >= 4 is 0 Å². The van der Waals surface area contributed by atoms with Gasteiger partial charge in [-0.15, -0.1) is 0 Å². The van der Waals surface area contributed by atoms with Crippen LogP contribution >= 0.6 is 0 Å². The lowest BCUT2D eigenvalue weighted by molar-refractivity contribution is -0.0558. The van der Waals surface area contributed by atoms with Gasteiger partial charge in [-0.2, -0.15) is 0 Å². The van der Waals surface area contributed by atoms with Crippen LogP contribution in [0.25, 0.3) is 0 Å². The summed E-state index contributed by atoms with van der Waals surface area (Å²) in [6.07, 6.45) is 7.15. The van der Waals surface area contributed by atoms with Gasteiger partial charge >= 0.3 is 0 Å². The van der Waals surface area contributed by atoms with Crippen molar-refractivity contribution in [3.8, 4) is 0 Å². The van der Waals surface area contributed by atoms with Gasteiger partial charge < -0.3 is 10.5 Å². The van der Waals surface area contributed by atoms with Crippen molar-refractivity contribution in [1.82, 2.24) is 0 Å². The maximum Gasteiger partial charge on any atom is 0.0832 e. The summed E-state index contributed by atoms with van der Waals surface area (Å²) in [4.78, 5) is 0. The third-order valence-corrected chi connectivity index (χ3v) is 3.76. The number of nitrogens with two attached hydrogens (primary N) is 1. The fraction of sp³-hybridized carbons (Fsp3) is 1.00. The van der Waals surface area contributed by atoms with Gasteiger partial charge in [0.1, 0.15) is 0 Å². The monoisotopic (exact) mass is 227 g/mol. The van der Waals surface area contributed by atoms with Gasteiger partial charge in [0.2, 0.25) is 0 Å². The van der Waals surface area contributed by atoms with Crippen LogP contribution in [0.5, 0.6) is 0 Å². The Morgan fingerprint density at radius 3 is 2.25 bits per heavy atom. The maximum atomic E-state index is 6.38. The van der Waals surface area contributed by atoms with E-state index in [-0.39, 0.29) is 11.6 Å². The smallest absolute Gasteiger partial charge is 0.0832 e. The summed E-state index contributed by atoms with van der Waals surface area (Å²) in [5.41, 5.74) is 6.76. The third kappa shape index (κ3) is 3.74. The van der Waals surface area contributed by atoms with Crippen molar-refractivity contribution in [3.05, 3.63) is 0 Å². The van der Waals surface area contributed by atoms with E-state index in [1.165, 1.54) is 19.3 Å². The first-order chi connectivity index (χ1) is 7.40. The number of rotatable bonds is 5. The number of hydrogen-bond acceptors (Lipinski definition) is 2. The molecule has 2 N–H and O–H groups in total. The van der Waals surface area contributed by atoms with Gasteiger partial charge in [-0.3, -0.25) is 0 Å². The molecule has 0 saturated heterocycles. The molecule has 0 amide bonds. The van der Waals surface area contributed by atoms with Crippen LogP contribution in [0.4, 0.5) is 0 Å². The Bertz CT molecular complexity index is 201. The fourth-order valence-corrected chi connectivity index (χ4v) is 2.73. The van der Waals surface area contributed by atoms with Gasteiger partial charge in [-0.05, 0) is 38.0 Å². The van der Waals surface area contributed by atoms with E-state index in [9.17, 15) is 0 Å². The summed E-state index contributed by atoms with van der Waals surface area (Å²) in [5.74, 6) is 0. The molecule has 16 heavy (non-hydrogen) atoms. The normalized spacial score (nSPS) is 22.3. The molecule has 0 aliphatic heterocycles. The predicted molar refractivity (Wildman–Crippen MR) is 69.5 cm³/mol. The van der Waals surface area contributed by atoms with E-state index in [0.717, 1.165) is 25.9 Å². The lowest BCUT2D eigenvalue weighted by Gasteiger charge is -2.36. The predicted octanol–water partition coefficient (Wildman–Crippen LogP) is 3.49. The van der Waals surface area contributed by atoms with Crippen molar-refractivity contribution in [2.75, 3.05) is 6.61 Å². The second-order valence-corrected chi connectivity index (χ2v) is 6.41. The Morgan fingerprint density at radius 2 is 1.81 bits per heavy atom. The van der Waals surface area contributed by atoms with E-state index >= 15 is 0 Å². The number of ether oxygens (including phenoxy) is 1. The van der Waals surface area contributed by atoms with E-state index in [4.69, 9.17) is 10.5 Å². The minimum atomic E-state index is 0.000000000000000222. The van der Waals surface area contributed by atoms with Gasteiger partial charge in [0.15, 0.2) is 0 Å². The Morgan fingerprint density at radius 1 is 1.25 bits per heavy atom. The van der Waals surface area contributed by atoms with Crippen LogP contribution < -0.4 is 5.73 Å². The highest BCUT2D eigenvalue weighted by Gasteiger charge is 2.40. The van der Waals surface area contributed by atoms with Crippen LogP contribution in [0.3, 0.4) is 0 Å². The molecule has 0 aromatic rings. The van der Waals surface area contributed by atoms with Gasteiger partial charge in [-0.1, -0.05) is 33.6 Å². The molecular formula is C14H29NO. The lowest BCUT2D eigenvalue weighted by atomic mass is 9.83. The number of hydrogen-bond donors (Lipinski definition) is 1. The molecule has 0 spiro atoms. The third-order valence-electron chi connectivity index (χ3n) is 3.76. The summed E-state index contributed by atoms with van der Waals surface area (Å²) in [6.45, 7) is 9.71. The molecule has 0 aromatic carbocycles. The molecule has 0 bridgehead atoms. The fourth-order valence-electron chi connectivity index (χ4n) is 2.73. The van der Waals surface area contributed by atoms with Crippen LogP contribution in [0.15, 0.2) is 0 Å². The molecule has 96 valence electrons. The molecule has 2 heteroatoms. The van der Waals surface area contributed by atoms with E-state index in [0.29, 0.717) is 5.41 Å². The zero-order valence-electron chi connectivity index (χ0n) is 11.5. The first kappa shape index (κ1) is 14.0. The summed E-state index contributed by atoms with van der Waals surface area (Å²) >= 11 is 0. The molecule has 1 saturated carbocycles. The zero-order chi connectivity index (χ0) is 12.2. The van der Waals surface area contributed by atoms with Crippen molar-refractivity contribution in [2.24, 2.45) is 11.1 Å². The summed E-state index contributed by atoms with van der Waals surface area (Å²) in [6, 6.07) is 0.217. The van der Waals surface area contributed by atoms with Gasteiger partial charge in [-0.25, -0.2) is 0 Å². The molecule has 1 aliphatic rings. The van der Waals surface area contributed by atoms with Crippen molar-refractivity contribution in [2.45, 2.75) is 77.9 Å². The Hall–Kier alpha value is -0.0800. The first-order valence-electron chi connectivity index (χ1n) is 6.79. The molecule has 2 nitrogen and oxygen atoms in total. The quantitative estimate of drug-likeness (QED) is 0.780. The average molecular weight is 227 g/mol. The molecule has 0 radical (unpaired) electrons. The molecule has 1 fully saturated rings. The van der Waals surface area contributed by atoms with Gasteiger partial charge in [0.05, 0.1) is 5.60 Å². The summed E-state index contributed by atoms with van der Waals surface area (Å²) in [7, 11) is 0. The van der Waals surface area contributed by atoms with Gasteiger partial charge in [0, 0.05) is 12.6 Å². The first-order valence-corrected chi connectivity index (χ1v) is 6.79. The van der Waals surface area contributed by atoms with E-state index in [2.05, 4.69) is 27.7 Å². The van der Waals surface area contributed by atoms with Crippen LogP contribution in [0.1, 0.15) is 66.2 Å². The second-order valence-electron chi connectivity index (χ2n) is 6.41. The SMILES string of the molecule is CCOC1(C(N)CCC(C)(C)C)CCCC1. The Kier molecular flexibility index (Phi) is 4.81. The highest BCUT2D eigenvalue weighted by Crippen LogP contribution is 2.37. The van der Waals surface area contributed by atoms with E-state index in [1.54, 1.807) is 0 Å². The minimum absolute atomic E-state index is 0.000000000000000222. The lowest BCUT2D eigenvalue weighted by Crippen LogP contribution is -2.48. The molecule has 1 rings (SSSR count). The molecule has 0 heterocycles. The largest absolute Gasteiger partial charge is 0.374 e. The minimum Gasteiger partial charge on any atom is -0.374 e. The van der Waals surface area contributed by atoms with Crippen LogP contribution in [-0.4, -0.2) is 18.2 Å². The van der Waals surface area contributed by atoms with Gasteiger partial charge in [0.25, 0.3) is 0 Å². The molecule has 1 aliphatic carbocycles. The van der Waals surface area contributed by atoms with E-state index in [1.807, 2.05) is 0 Å². The molecular weight excluding hydrogens is 198 g/mol. The Balaban J connectivity index is 2.51.